The molecule has 1 heterocycles. The van der Waals surface area contributed by atoms with Gasteiger partial charge in [-0.3, -0.25) is 4.79 Å². The second-order valence-electron chi connectivity index (χ2n) is 4.40. The summed E-state index contributed by atoms with van der Waals surface area (Å²) in [5.74, 6) is -0.691. The van der Waals surface area contributed by atoms with Crippen molar-refractivity contribution in [2.24, 2.45) is 11.5 Å². The molecule has 3 amide bonds. The van der Waals surface area contributed by atoms with Crippen LogP contribution in [0.15, 0.2) is 30.3 Å². The number of aliphatic hydroxyl groups is 1. The smallest absolute Gasteiger partial charge is 0.316 e. The number of aliphatic hydroxyl groups excluding tert-OH is 1. The number of urea groups is 1. The Morgan fingerprint density at radius 1 is 1.28 bits per heavy atom. The fourth-order valence-electron chi connectivity index (χ4n) is 2.52. The van der Waals surface area contributed by atoms with Crippen LogP contribution in [0.5, 0.6) is 0 Å². The zero-order valence-electron chi connectivity index (χ0n) is 9.74. The molecule has 0 bridgehead atoms. The fourth-order valence-corrected chi connectivity index (χ4v) is 2.52. The number of nitrogens with two attached hydrogens (primary N) is 2. The molecule has 1 aliphatic rings. The molecule has 96 valence electrons. The third-order valence-corrected chi connectivity index (χ3v) is 3.31. The molecule has 0 spiro atoms. The standard InChI is InChI=1S/C12H15N3O3/c13-10(17)12(8-4-2-1-3-5-8)6-9(16)7-15(12)11(14)18/h1-5,9,16H,6-7H2,(H2,13,17)(H2,14,18)/t9-,12-/m1/s1. The van der Waals surface area contributed by atoms with Crippen LogP contribution in [-0.4, -0.2) is 34.6 Å². The van der Waals surface area contributed by atoms with Gasteiger partial charge in [-0.1, -0.05) is 30.3 Å². The number of nitrogens with zero attached hydrogens (tertiary/aromatic N) is 1. The molecule has 18 heavy (non-hydrogen) atoms. The number of likely N-dealkylation sites (tertiary alicyclic amines) is 1. The summed E-state index contributed by atoms with van der Waals surface area (Å²) in [4.78, 5) is 24.5. The number of carbonyl (C=O) groups is 2. The van der Waals surface area contributed by atoms with E-state index in [1.807, 2.05) is 0 Å². The van der Waals surface area contributed by atoms with Crippen LogP contribution in [0.2, 0.25) is 0 Å². The summed E-state index contributed by atoms with van der Waals surface area (Å²) >= 11 is 0. The Kier molecular flexibility index (Phi) is 2.96. The van der Waals surface area contributed by atoms with Gasteiger partial charge in [0.2, 0.25) is 5.91 Å². The third kappa shape index (κ3) is 1.70. The first kappa shape index (κ1) is 12.4. The first-order valence-corrected chi connectivity index (χ1v) is 5.59. The number of benzene rings is 1. The first-order chi connectivity index (χ1) is 8.48. The summed E-state index contributed by atoms with van der Waals surface area (Å²) in [7, 11) is 0. The van der Waals surface area contributed by atoms with Gasteiger partial charge in [0.15, 0.2) is 5.54 Å². The van der Waals surface area contributed by atoms with Crippen LogP contribution in [0.4, 0.5) is 4.79 Å². The van der Waals surface area contributed by atoms with Crippen molar-refractivity contribution in [2.45, 2.75) is 18.1 Å². The van der Waals surface area contributed by atoms with Gasteiger partial charge >= 0.3 is 6.03 Å². The maximum absolute atomic E-state index is 11.8. The number of carbonyl (C=O) groups excluding carboxylic acids is 2. The van der Waals surface area contributed by atoms with Crippen molar-refractivity contribution in [3.63, 3.8) is 0 Å². The Labute approximate surface area is 104 Å². The van der Waals surface area contributed by atoms with Gasteiger partial charge in [0.1, 0.15) is 0 Å². The lowest BCUT2D eigenvalue weighted by Crippen LogP contribution is -2.55. The Bertz CT molecular complexity index is 477. The van der Waals surface area contributed by atoms with Crippen LogP contribution < -0.4 is 11.5 Å². The van der Waals surface area contributed by atoms with Gasteiger partial charge in [0.25, 0.3) is 0 Å². The number of primary amides is 2. The van der Waals surface area contributed by atoms with Crippen molar-refractivity contribution in [3.8, 4) is 0 Å². The molecule has 0 aromatic heterocycles. The number of β-amino-alcohol motifs (C(OH)–C–C–N with tert-alkyl or cyclic N) is 1. The third-order valence-electron chi connectivity index (χ3n) is 3.31. The highest BCUT2D eigenvalue weighted by molar-refractivity contribution is 5.91. The molecule has 2 rings (SSSR count). The van der Waals surface area contributed by atoms with Crippen LogP contribution in [0.25, 0.3) is 0 Å². The lowest BCUT2D eigenvalue weighted by molar-refractivity contribution is -0.127. The molecule has 1 aromatic rings. The van der Waals surface area contributed by atoms with Crippen LogP contribution in [-0.2, 0) is 10.3 Å². The predicted molar refractivity (Wildman–Crippen MR) is 64.2 cm³/mol. The van der Waals surface area contributed by atoms with Crippen molar-refractivity contribution in [1.82, 2.24) is 4.90 Å². The van der Waals surface area contributed by atoms with Crippen LogP contribution in [0.1, 0.15) is 12.0 Å². The lowest BCUT2D eigenvalue weighted by Gasteiger charge is -2.34. The molecule has 1 aromatic carbocycles. The molecule has 0 unspecified atom stereocenters. The van der Waals surface area contributed by atoms with E-state index in [-0.39, 0.29) is 13.0 Å². The normalized spacial score (nSPS) is 27.2. The van der Waals surface area contributed by atoms with E-state index in [1.54, 1.807) is 30.3 Å². The number of amides is 3. The summed E-state index contributed by atoms with van der Waals surface area (Å²) in [5.41, 5.74) is 9.94. The number of hydrogen-bond acceptors (Lipinski definition) is 3. The molecule has 2 atom stereocenters. The Morgan fingerprint density at radius 2 is 1.89 bits per heavy atom. The predicted octanol–water partition coefficient (Wildman–Crippen LogP) is -0.487. The number of rotatable bonds is 2. The van der Waals surface area contributed by atoms with Crippen molar-refractivity contribution in [1.29, 1.82) is 0 Å². The second kappa shape index (κ2) is 4.30. The quantitative estimate of drug-likeness (QED) is 0.658. The van der Waals surface area contributed by atoms with Crippen LogP contribution in [0, 0.1) is 0 Å². The van der Waals surface area contributed by atoms with E-state index >= 15 is 0 Å². The Morgan fingerprint density at radius 3 is 2.39 bits per heavy atom. The summed E-state index contributed by atoms with van der Waals surface area (Å²) in [5, 5.41) is 9.74. The summed E-state index contributed by atoms with van der Waals surface area (Å²) in [6.07, 6.45) is -0.750. The van der Waals surface area contributed by atoms with E-state index in [1.165, 1.54) is 0 Å². The van der Waals surface area contributed by atoms with Crippen molar-refractivity contribution in [2.75, 3.05) is 6.54 Å². The monoisotopic (exact) mass is 249 g/mol. The van der Waals surface area contributed by atoms with Crippen LogP contribution in [0.3, 0.4) is 0 Å². The highest BCUT2D eigenvalue weighted by Gasteiger charge is 2.52. The first-order valence-electron chi connectivity index (χ1n) is 5.59. The van der Waals surface area contributed by atoms with Crippen molar-refractivity contribution in [3.05, 3.63) is 35.9 Å². The van der Waals surface area contributed by atoms with Gasteiger partial charge in [-0.25, -0.2) is 4.79 Å². The minimum Gasteiger partial charge on any atom is -0.391 e. The average Bonchev–Trinajstić information content (AvgIpc) is 2.69. The topological polar surface area (TPSA) is 110 Å². The van der Waals surface area contributed by atoms with Gasteiger partial charge in [-0.2, -0.15) is 0 Å². The summed E-state index contributed by atoms with van der Waals surface area (Å²) in [6.45, 7) is 0.00711. The largest absolute Gasteiger partial charge is 0.391 e. The summed E-state index contributed by atoms with van der Waals surface area (Å²) in [6, 6.07) is 7.89. The van der Waals surface area contributed by atoms with E-state index in [2.05, 4.69) is 0 Å². The van der Waals surface area contributed by atoms with Gasteiger partial charge in [0, 0.05) is 13.0 Å². The van der Waals surface area contributed by atoms with Gasteiger partial charge < -0.3 is 21.5 Å². The molecule has 0 saturated carbocycles. The molecular weight excluding hydrogens is 234 g/mol. The number of hydrogen-bond donors (Lipinski definition) is 3. The molecule has 5 N–H and O–H groups in total. The van der Waals surface area contributed by atoms with Crippen LogP contribution >= 0.6 is 0 Å². The van der Waals surface area contributed by atoms with Gasteiger partial charge in [-0.15, -0.1) is 0 Å². The average molecular weight is 249 g/mol. The minimum absolute atomic E-state index is 0.00711. The van der Waals surface area contributed by atoms with Crippen molar-refractivity contribution < 1.29 is 14.7 Å². The van der Waals surface area contributed by atoms with E-state index in [4.69, 9.17) is 11.5 Å². The maximum Gasteiger partial charge on any atom is 0.316 e. The fraction of sp³-hybridized carbons (Fsp3) is 0.333. The molecule has 0 radical (unpaired) electrons. The van der Waals surface area contributed by atoms with Crippen molar-refractivity contribution >= 4 is 11.9 Å². The minimum atomic E-state index is -1.35. The Balaban J connectivity index is 2.57. The van der Waals surface area contributed by atoms with Gasteiger partial charge in [-0.05, 0) is 5.56 Å². The zero-order chi connectivity index (χ0) is 13.3. The highest BCUT2D eigenvalue weighted by atomic mass is 16.3. The van der Waals surface area contributed by atoms with Gasteiger partial charge in [0.05, 0.1) is 6.10 Å². The summed E-state index contributed by atoms with van der Waals surface area (Å²) < 4.78 is 0. The van der Waals surface area contributed by atoms with E-state index in [0.29, 0.717) is 5.56 Å². The zero-order valence-corrected chi connectivity index (χ0v) is 9.74. The SMILES string of the molecule is NC(=O)N1C[C@H](O)C[C@]1(C(N)=O)c1ccccc1. The van der Waals surface area contributed by atoms with E-state index in [0.717, 1.165) is 4.90 Å². The molecule has 0 aliphatic carbocycles. The maximum atomic E-state index is 11.8. The highest BCUT2D eigenvalue weighted by Crippen LogP contribution is 2.38. The lowest BCUT2D eigenvalue weighted by atomic mass is 9.86. The van der Waals surface area contributed by atoms with E-state index < -0.39 is 23.6 Å². The molecule has 6 heteroatoms. The molecule has 1 saturated heterocycles. The van der Waals surface area contributed by atoms with E-state index in [9.17, 15) is 14.7 Å². The Hall–Kier alpha value is -2.08. The second-order valence-corrected chi connectivity index (χ2v) is 4.40. The molecular formula is C12H15N3O3. The molecule has 1 aliphatic heterocycles. The molecule has 1 fully saturated rings. The molecule has 6 nitrogen and oxygen atoms in total.